The van der Waals surface area contributed by atoms with E-state index in [2.05, 4.69) is 9.72 Å². The molecule has 1 unspecified atom stereocenters. The van der Waals surface area contributed by atoms with Gasteiger partial charge < -0.3 is 9.64 Å². The molecule has 18 heavy (non-hydrogen) atoms. The fourth-order valence-corrected chi connectivity index (χ4v) is 2.02. The van der Waals surface area contributed by atoms with Gasteiger partial charge in [0.05, 0.1) is 24.8 Å². The van der Waals surface area contributed by atoms with Crippen molar-refractivity contribution in [2.24, 2.45) is 5.92 Å². The summed E-state index contributed by atoms with van der Waals surface area (Å²) in [5, 5.41) is 0. The molecule has 0 radical (unpaired) electrons. The van der Waals surface area contributed by atoms with Crippen LogP contribution < -0.4 is 0 Å². The lowest BCUT2D eigenvalue weighted by molar-refractivity contribution is -0.144. The summed E-state index contributed by atoms with van der Waals surface area (Å²) in [5.41, 5.74) is 0.195. The number of hydrogen-bond donors (Lipinski definition) is 0. The van der Waals surface area contributed by atoms with Crippen LogP contribution in [0.2, 0.25) is 0 Å². The Labute approximate surface area is 104 Å². The first kappa shape index (κ1) is 12.5. The Kier molecular flexibility index (Phi) is 3.55. The van der Waals surface area contributed by atoms with Crippen LogP contribution in [-0.2, 0) is 9.53 Å². The second kappa shape index (κ2) is 5.12. The predicted molar refractivity (Wildman–Crippen MR) is 60.2 cm³/mol. The number of nitrogens with zero attached hydrogens (tertiary/aromatic N) is 2. The van der Waals surface area contributed by atoms with Gasteiger partial charge in [0.15, 0.2) is 0 Å². The monoisotopic (exact) mass is 252 g/mol. The number of carbonyl (C=O) groups excluding carboxylic acids is 2. The van der Waals surface area contributed by atoms with Crippen molar-refractivity contribution in [1.29, 1.82) is 0 Å². The number of hydrogen-bond acceptors (Lipinski definition) is 4. The highest BCUT2D eigenvalue weighted by molar-refractivity contribution is 5.94. The molecule has 1 saturated heterocycles. The number of amides is 1. The number of esters is 1. The third kappa shape index (κ3) is 2.47. The van der Waals surface area contributed by atoms with E-state index in [0.717, 1.165) is 12.3 Å². The highest BCUT2D eigenvalue weighted by Gasteiger charge is 2.32. The van der Waals surface area contributed by atoms with E-state index in [1.54, 1.807) is 0 Å². The maximum atomic E-state index is 13.0. The average molecular weight is 252 g/mol. The first-order valence-corrected chi connectivity index (χ1v) is 5.59. The number of carbonyl (C=O) groups is 2. The Hall–Kier alpha value is -1.98. The molecule has 1 amide bonds. The van der Waals surface area contributed by atoms with E-state index in [-0.39, 0.29) is 23.4 Å². The zero-order valence-corrected chi connectivity index (χ0v) is 9.93. The summed E-state index contributed by atoms with van der Waals surface area (Å²) in [7, 11) is 1.32. The average Bonchev–Trinajstić information content (AvgIpc) is 2.86. The molecule has 0 N–H and O–H groups in total. The van der Waals surface area contributed by atoms with Gasteiger partial charge in [0.25, 0.3) is 5.91 Å². The molecule has 2 rings (SSSR count). The molecule has 1 atom stereocenters. The maximum Gasteiger partial charge on any atom is 0.310 e. The van der Waals surface area contributed by atoms with Crippen molar-refractivity contribution in [3.63, 3.8) is 0 Å². The number of halogens is 1. The summed E-state index contributed by atoms with van der Waals surface area (Å²) in [6, 6.07) is 1.14. The van der Waals surface area contributed by atoms with Crippen molar-refractivity contribution in [2.75, 3.05) is 20.2 Å². The molecule has 0 aliphatic carbocycles. The zero-order valence-electron chi connectivity index (χ0n) is 9.93. The minimum Gasteiger partial charge on any atom is -0.469 e. The largest absolute Gasteiger partial charge is 0.469 e. The highest BCUT2D eigenvalue weighted by atomic mass is 19.1. The van der Waals surface area contributed by atoms with Crippen molar-refractivity contribution in [2.45, 2.75) is 6.42 Å². The summed E-state index contributed by atoms with van der Waals surface area (Å²) in [6.07, 6.45) is 2.93. The number of pyridine rings is 1. The van der Waals surface area contributed by atoms with Gasteiger partial charge in [-0.3, -0.25) is 14.6 Å². The normalized spacial score (nSPS) is 18.8. The van der Waals surface area contributed by atoms with Crippen LogP contribution >= 0.6 is 0 Å². The summed E-state index contributed by atoms with van der Waals surface area (Å²) in [5.74, 6) is -1.47. The van der Waals surface area contributed by atoms with Gasteiger partial charge in [0.2, 0.25) is 0 Å². The van der Waals surface area contributed by atoms with E-state index in [0.29, 0.717) is 19.5 Å². The van der Waals surface area contributed by atoms with E-state index < -0.39 is 5.82 Å². The van der Waals surface area contributed by atoms with Gasteiger partial charge in [0, 0.05) is 19.3 Å². The molecule has 1 aliphatic rings. The van der Waals surface area contributed by atoms with Gasteiger partial charge >= 0.3 is 5.97 Å². The van der Waals surface area contributed by atoms with E-state index in [1.807, 2.05) is 0 Å². The Balaban J connectivity index is 2.06. The van der Waals surface area contributed by atoms with Crippen LogP contribution in [0.1, 0.15) is 16.8 Å². The highest BCUT2D eigenvalue weighted by Crippen LogP contribution is 2.19. The fraction of sp³-hybridized carbons (Fsp3) is 0.417. The van der Waals surface area contributed by atoms with Crippen molar-refractivity contribution < 1.29 is 18.7 Å². The van der Waals surface area contributed by atoms with E-state index in [9.17, 15) is 14.0 Å². The van der Waals surface area contributed by atoms with Crippen molar-refractivity contribution in [1.82, 2.24) is 9.88 Å². The Bertz CT molecular complexity index is 478. The molecule has 1 aromatic rings. The molecule has 6 heteroatoms. The van der Waals surface area contributed by atoms with Crippen LogP contribution in [0.5, 0.6) is 0 Å². The van der Waals surface area contributed by atoms with Crippen LogP contribution in [0.25, 0.3) is 0 Å². The molecular formula is C12H13FN2O3. The van der Waals surface area contributed by atoms with Gasteiger partial charge in [0.1, 0.15) is 5.82 Å². The van der Waals surface area contributed by atoms with Gasteiger partial charge in [-0.15, -0.1) is 0 Å². The molecule has 1 aromatic heterocycles. The van der Waals surface area contributed by atoms with Crippen molar-refractivity contribution in [3.8, 4) is 0 Å². The number of rotatable bonds is 2. The standard InChI is InChI=1S/C12H13FN2O3/c1-18-12(17)8-2-3-15(7-8)11(16)9-4-10(13)6-14-5-9/h4-6,8H,2-3,7H2,1H3. The molecule has 0 saturated carbocycles. The third-order valence-corrected chi connectivity index (χ3v) is 2.96. The van der Waals surface area contributed by atoms with E-state index >= 15 is 0 Å². The molecule has 2 heterocycles. The minimum absolute atomic E-state index is 0.195. The number of likely N-dealkylation sites (tertiary alicyclic amines) is 1. The second-order valence-electron chi connectivity index (χ2n) is 4.15. The minimum atomic E-state index is -0.551. The van der Waals surface area contributed by atoms with Crippen molar-refractivity contribution in [3.05, 3.63) is 29.8 Å². The fourth-order valence-electron chi connectivity index (χ4n) is 2.02. The molecule has 0 spiro atoms. The van der Waals surface area contributed by atoms with E-state index in [4.69, 9.17) is 0 Å². The first-order chi connectivity index (χ1) is 8.61. The van der Waals surface area contributed by atoms with Gasteiger partial charge in [-0.05, 0) is 12.5 Å². The quantitative estimate of drug-likeness (QED) is 0.732. The number of methoxy groups -OCH3 is 1. The number of aromatic nitrogens is 1. The molecule has 1 fully saturated rings. The Morgan fingerprint density at radius 1 is 1.50 bits per heavy atom. The lowest BCUT2D eigenvalue weighted by Gasteiger charge is -2.15. The second-order valence-corrected chi connectivity index (χ2v) is 4.15. The SMILES string of the molecule is COC(=O)C1CCN(C(=O)c2cncc(F)c2)C1. The molecule has 96 valence electrons. The molecule has 5 nitrogen and oxygen atoms in total. The van der Waals surface area contributed by atoms with Crippen LogP contribution in [0.3, 0.4) is 0 Å². The lowest BCUT2D eigenvalue weighted by Crippen LogP contribution is -2.30. The lowest BCUT2D eigenvalue weighted by atomic mass is 10.1. The van der Waals surface area contributed by atoms with Crippen LogP contribution in [0.15, 0.2) is 18.5 Å². The van der Waals surface area contributed by atoms with Crippen LogP contribution in [-0.4, -0.2) is 42.0 Å². The van der Waals surface area contributed by atoms with Crippen LogP contribution in [0.4, 0.5) is 4.39 Å². The van der Waals surface area contributed by atoms with E-state index in [1.165, 1.54) is 18.2 Å². The van der Waals surface area contributed by atoms with Gasteiger partial charge in [-0.25, -0.2) is 4.39 Å². The summed E-state index contributed by atoms with van der Waals surface area (Å²) < 4.78 is 17.6. The zero-order chi connectivity index (χ0) is 13.1. The number of ether oxygens (including phenoxy) is 1. The smallest absolute Gasteiger partial charge is 0.310 e. The van der Waals surface area contributed by atoms with Gasteiger partial charge in [-0.2, -0.15) is 0 Å². The summed E-state index contributed by atoms with van der Waals surface area (Å²) >= 11 is 0. The Morgan fingerprint density at radius 3 is 2.94 bits per heavy atom. The third-order valence-electron chi connectivity index (χ3n) is 2.96. The summed E-state index contributed by atoms with van der Waals surface area (Å²) in [4.78, 5) is 28.5. The molecule has 1 aliphatic heterocycles. The van der Waals surface area contributed by atoms with Crippen LogP contribution in [0, 0.1) is 11.7 Å². The Morgan fingerprint density at radius 2 is 2.28 bits per heavy atom. The topological polar surface area (TPSA) is 59.5 Å². The summed E-state index contributed by atoms with van der Waals surface area (Å²) in [6.45, 7) is 0.775. The molecule has 0 aromatic carbocycles. The first-order valence-electron chi connectivity index (χ1n) is 5.59. The maximum absolute atomic E-state index is 13.0. The van der Waals surface area contributed by atoms with Crippen molar-refractivity contribution >= 4 is 11.9 Å². The predicted octanol–water partition coefficient (Wildman–Crippen LogP) is 0.856. The molecular weight excluding hydrogens is 239 g/mol. The molecule has 0 bridgehead atoms. The van der Waals surface area contributed by atoms with Gasteiger partial charge in [-0.1, -0.05) is 0 Å².